The number of hydrogen-bond donors (Lipinski definition) is 0. The first-order chi connectivity index (χ1) is 5.96. The van der Waals surface area contributed by atoms with E-state index in [1.807, 2.05) is 6.92 Å². The topological polar surface area (TPSA) is 52.0 Å². The molecule has 0 saturated heterocycles. The van der Waals surface area contributed by atoms with Crippen LogP contribution in [0.15, 0.2) is 15.7 Å². The summed E-state index contributed by atoms with van der Waals surface area (Å²) in [5, 5.41) is 3.90. The van der Waals surface area contributed by atoms with E-state index in [-0.39, 0.29) is 5.03 Å². The zero-order valence-electron chi connectivity index (χ0n) is 6.87. The Morgan fingerprint density at radius 3 is 2.77 bits per heavy atom. The third kappa shape index (κ3) is 2.45. The van der Waals surface area contributed by atoms with Crippen molar-refractivity contribution in [2.45, 2.75) is 24.9 Å². The molecule has 0 spiro atoms. The van der Waals surface area contributed by atoms with Gasteiger partial charge in [-0.05, 0) is 22.4 Å². The number of hydrogen-bond acceptors (Lipinski definition) is 3. The molecule has 0 N–H and O–H groups in total. The van der Waals surface area contributed by atoms with Crippen molar-refractivity contribution < 1.29 is 8.42 Å². The summed E-state index contributed by atoms with van der Waals surface area (Å²) in [6, 6.07) is 0. The van der Waals surface area contributed by atoms with Gasteiger partial charge in [0.05, 0.1) is 10.7 Å². The lowest BCUT2D eigenvalue weighted by atomic mass is 10.5. The molecule has 4 nitrogen and oxygen atoms in total. The maximum absolute atomic E-state index is 11.1. The van der Waals surface area contributed by atoms with Crippen LogP contribution in [-0.2, 0) is 15.6 Å². The van der Waals surface area contributed by atoms with E-state index in [9.17, 15) is 8.42 Å². The minimum absolute atomic E-state index is 0.0241. The van der Waals surface area contributed by atoms with Gasteiger partial charge in [-0.3, -0.25) is 4.68 Å². The van der Waals surface area contributed by atoms with Crippen LogP contribution in [0.25, 0.3) is 0 Å². The number of halogens is 2. The van der Waals surface area contributed by atoms with Gasteiger partial charge in [-0.1, -0.05) is 6.92 Å². The quantitative estimate of drug-likeness (QED) is 0.799. The predicted molar refractivity (Wildman–Crippen MR) is 53.3 cm³/mol. The van der Waals surface area contributed by atoms with Gasteiger partial charge in [-0.2, -0.15) is 5.10 Å². The molecule has 74 valence electrons. The van der Waals surface area contributed by atoms with Crippen LogP contribution in [0, 0.1) is 0 Å². The van der Waals surface area contributed by atoms with Crippen molar-refractivity contribution in [2.24, 2.45) is 0 Å². The second kappa shape index (κ2) is 3.98. The van der Waals surface area contributed by atoms with Gasteiger partial charge >= 0.3 is 0 Å². The molecule has 7 heteroatoms. The van der Waals surface area contributed by atoms with Crippen LogP contribution < -0.4 is 0 Å². The molecular weight excluding hydrogens is 280 g/mol. The average molecular weight is 288 g/mol. The maximum atomic E-state index is 11.1. The van der Waals surface area contributed by atoms with Gasteiger partial charge in [0.1, 0.15) is 0 Å². The summed E-state index contributed by atoms with van der Waals surface area (Å²) < 4.78 is 23.9. The smallest absolute Gasteiger partial charge is 0.252 e. The lowest BCUT2D eigenvalue weighted by molar-refractivity contribution is 0.535. The van der Waals surface area contributed by atoms with Gasteiger partial charge in [-0.15, -0.1) is 0 Å². The molecule has 1 aromatic heterocycles. The van der Waals surface area contributed by atoms with E-state index in [1.165, 1.54) is 10.9 Å². The molecule has 0 amide bonds. The molecule has 0 radical (unpaired) electrons. The molecule has 0 fully saturated rings. The van der Waals surface area contributed by atoms with Crippen LogP contribution in [0.3, 0.4) is 0 Å². The van der Waals surface area contributed by atoms with Crippen LogP contribution in [-0.4, -0.2) is 18.2 Å². The molecule has 0 atom stereocenters. The maximum Gasteiger partial charge on any atom is 0.279 e. The van der Waals surface area contributed by atoms with Crippen molar-refractivity contribution in [3.8, 4) is 0 Å². The van der Waals surface area contributed by atoms with E-state index in [1.54, 1.807) is 0 Å². The largest absolute Gasteiger partial charge is 0.279 e. The van der Waals surface area contributed by atoms with Crippen molar-refractivity contribution in [3.63, 3.8) is 0 Å². The lowest BCUT2D eigenvalue weighted by Crippen LogP contribution is -2.06. The summed E-state index contributed by atoms with van der Waals surface area (Å²) in [5.74, 6) is 0. The van der Waals surface area contributed by atoms with Crippen LogP contribution in [0.1, 0.15) is 13.3 Å². The number of aryl methyl sites for hydroxylation is 1. The Bertz CT molecular complexity index is 401. The first kappa shape index (κ1) is 11.0. The van der Waals surface area contributed by atoms with E-state index >= 15 is 0 Å². The van der Waals surface area contributed by atoms with Crippen molar-refractivity contribution in [1.29, 1.82) is 0 Å². The van der Waals surface area contributed by atoms with Crippen molar-refractivity contribution >= 4 is 35.7 Å². The monoisotopic (exact) mass is 286 g/mol. The van der Waals surface area contributed by atoms with E-state index in [0.717, 1.165) is 6.42 Å². The minimum atomic E-state index is -3.72. The fourth-order valence-corrected chi connectivity index (χ4v) is 3.34. The second-order valence-electron chi connectivity index (χ2n) is 2.46. The fourth-order valence-electron chi connectivity index (χ4n) is 0.965. The van der Waals surface area contributed by atoms with Crippen LogP contribution in [0.2, 0.25) is 0 Å². The number of rotatable bonds is 3. The number of nitrogens with zero attached hydrogens (tertiary/aromatic N) is 2. The summed E-state index contributed by atoms with van der Waals surface area (Å²) in [6.45, 7) is 2.47. The Morgan fingerprint density at radius 1 is 1.69 bits per heavy atom. The molecular formula is C6H8BrClN2O2S. The predicted octanol–water partition coefficient (Wildman–Crippen LogP) is 1.98. The Labute approximate surface area is 89.4 Å². The van der Waals surface area contributed by atoms with Crippen molar-refractivity contribution in [3.05, 3.63) is 10.7 Å². The first-order valence-corrected chi connectivity index (χ1v) is 6.73. The van der Waals surface area contributed by atoms with Gasteiger partial charge in [0.15, 0.2) is 5.03 Å². The molecule has 0 saturated carbocycles. The standard InChI is InChI=1S/C6H8BrClN2O2S/c1-2-3-10-6(13(8,11)12)5(7)4-9-10/h4H,2-3H2,1H3. The van der Waals surface area contributed by atoms with E-state index in [2.05, 4.69) is 21.0 Å². The normalized spacial score (nSPS) is 11.9. The van der Waals surface area contributed by atoms with Gasteiger partial charge in [-0.25, -0.2) is 8.42 Å². The summed E-state index contributed by atoms with van der Waals surface area (Å²) in [7, 11) is 1.51. The molecule has 0 aliphatic heterocycles. The minimum Gasteiger partial charge on any atom is -0.252 e. The average Bonchev–Trinajstić information content (AvgIpc) is 2.31. The fraction of sp³-hybridized carbons (Fsp3) is 0.500. The Balaban J connectivity index is 3.25. The highest BCUT2D eigenvalue weighted by molar-refractivity contribution is 9.10. The summed E-state index contributed by atoms with van der Waals surface area (Å²) in [4.78, 5) is 0. The summed E-state index contributed by atoms with van der Waals surface area (Å²) in [6.07, 6.45) is 2.22. The molecule has 0 unspecified atom stereocenters. The zero-order chi connectivity index (χ0) is 10.1. The second-order valence-corrected chi connectivity index (χ2v) is 5.79. The molecule has 13 heavy (non-hydrogen) atoms. The van der Waals surface area contributed by atoms with Crippen molar-refractivity contribution in [2.75, 3.05) is 0 Å². The Morgan fingerprint density at radius 2 is 2.31 bits per heavy atom. The Hall–Kier alpha value is -0.0700. The van der Waals surface area contributed by atoms with Crippen molar-refractivity contribution in [1.82, 2.24) is 9.78 Å². The third-order valence-electron chi connectivity index (χ3n) is 1.42. The highest BCUT2D eigenvalue weighted by Crippen LogP contribution is 2.24. The van der Waals surface area contributed by atoms with Gasteiger partial charge in [0, 0.05) is 17.2 Å². The summed E-state index contributed by atoms with van der Waals surface area (Å²) in [5.41, 5.74) is 0. The molecule has 0 bridgehead atoms. The highest BCUT2D eigenvalue weighted by atomic mass is 79.9. The molecule has 0 aliphatic rings. The zero-order valence-corrected chi connectivity index (χ0v) is 10.0. The third-order valence-corrected chi connectivity index (χ3v) is 3.59. The van der Waals surface area contributed by atoms with E-state index in [4.69, 9.17) is 10.7 Å². The first-order valence-electron chi connectivity index (χ1n) is 3.62. The SMILES string of the molecule is CCCn1ncc(Br)c1S(=O)(=O)Cl. The van der Waals surface area contributed by atoms with E-state index in [0.29, 0.717) is 11.0 Å². The van der Waals surface area contributed by atoms with Crippen LogP contribution >= 0.6 is 26.6 Å². The Kier molecular flexibility index (Phi) is 3.37. The molecule has 1 rings (SSSR count). The van der Waals surface area contributed by atoms with Gasteiger partial charge in [0.25, 0.3) is 9.05 Å². The van der Waals surface area contributed by atoms with Gasteiger partial charge < -0.3 is 0 Å². The molecule has 0 aliphatic carbocycles. The van der Waals surface area contributed by atoms with Crippen LogP contribution in [0.5, 0.6) is 0 Å². The van der Waals surface area contributed by atoms with E-state index < -0.39 is 9.05 Å². The summed E-state index contributed by atoms with van der Waals surface area (Å²) >= 11 is 3.08. The number of aromatic nitrogens is 2. The molecule has 1 heterocycles. The van der Waals surface area contributed by atoms with Crippen LogP contribution in [0.4, 0.5) is 0 Å². The molecule has 0 aromatic carbocycles. The highest BCUT2D eigenvalue weighted by Gasteiger charge is 2.20. The molecule has 1 aromatic rings. The van der Waals surface area contributed by atoms with Gasteiger partial charge in [0.2, 0.25) is 0 Å². The lowest BCUT2D eigenvalue weighted by Gasteiger charge is -2.02.